The molecular formula is C17H23NO. The molecule has 1 aliphatic carbocycles. The van der Waals surface area contributed by atoms with Crippen molar-refractivity contribution in [1.29, 1.82) is 0 Å². The Morgan fingerprint density at radius 3 is 2.11 bits per heavy atom. The molecule has 0 radical (unpaired) electrons. The van der Waals surface area contributed by atoms with Gasteiger partial charge in [0.15, 0.2) is 0 Å². The standard InChI is InChI=1S/C17H23NO/c19-17-6-4-13(5-7-17)15-2-1-3-16(12-15)14-8-10-18-11-9-14/h1-3,12-14,18H,4-11H2. The molecule has 102 valence electrons. The largest absolute Gasteiger partial charge is 0.317 e. The highest BCUT2D eigenvalue weighted by Gasteiger charge is 2.21. The van der Waals surface area contributed by atoms with Crippen molar-refractivity contribution < 1.29 is 4.79 Å². The molecule has 1 N–H and O–H groups in total. The first-order chi connectivity index (χ1) is 9.33. The van der Waals surface area contributed by atoms with Crippen LogP contribution in [0.15, 0.2) is 24.3 Å². The second-order valence-electron chi connectivity index (χ2n) is 6.01. The summed E-state index contributed by atoms with van der Waals surface area (Å²) >= 11 is 0. The number of hydrogen-bond donors (Lipinski definition) is 1. The molecule has 1 aromatic carbocycles. The minimum Gasteiger partial charge on any atom is -0.317 e. The number of hydrogen-bond acceptors (Lipinski definition) is 2. The lowest BCUT2D eigenvalue weighted by molar-refractivity contribution is -0.120. The van der Waals surface area contributed by atoms with E-state index in [0.29, 0.717) is 11.7 Å². The summed E-state index contributed by atoms with van der Waals surface area (Å²) in [4.78, 5) is 11.3. The van der Waals surface area contributed by atoms with Crippen molar-refractivity contribution in [1.82, 2.24) is 5.32 Å². The van der Waals surface area contributed by atoms with Gasteiger partial charge in [0.1, 0.15) is 5.78 Å². The maximum atomic E-state index is 11.3. The number of carbonyl (C=O) groups excluding carboxylic acids is 1. The van der Waals surface area contributed by atoms with Gasteiger partial charge in [0.05, 0.1) is 0 Å². The van der Waals surface area contributed by atoms with Crippen LogP contribution in [-0.2, 0) is 4.79 Å². The number of ketones is 1. The van der Waals surface area contributed by atoms with E-state index in [1.54, 1.807) is 0 Å². The quantitative estimate of drug-likeness (QED) is 0.880. The van der Waals surface area contributed by atoms with Crippen LogP contribution in [0.4, 0.5) is 0 Å². The van der Waals surface area contributed by atoms with Crippen molar-refractivity contribution in [2.45, 2.75) is 50.4 Å². The molecule has 1 heterocycles. The van der Waals surface area contributed by atoms with Crippen molar-refractivity contribution in [2.75, 3.05) is 13.1 Å². The molecule has 2 nitrogen and oxygen atoms in total. The summed E-state index contributed by atoms with van der Waals surface area (Å²) in [6, 6.07) is 9.16. The fourth-order valence-corrected chi connectivity index (χ4v) is 3.50. The van der Waals surface area contributed by atoms with Gasteiger partial charge in [-0.05, 0) is 61.7 Å². The van der Waals surface area contributed by atoms with Gasteiger partial charge in [0.2, 0.25) is 0 Å². The smallest absolute Gasteiger partial charge is 0.132 e. The summed E-state index contributed by atoms with van der Waals surface area (Å²) in [6.45, 7) is 2.29. The molecule has 19 heavy (non-hydrogen) atoms. The highest BCUT2D eigenvalue weighted by atomic mass is 16.1. The van der Waals surface area contributed by atoms with Gasteiger partial charge in [-0.2, -0.15) is 0 Å². The first-order valence-electron chi connectivity index (χ1n) is 7.65. The predicted octanol–water partition coefficient (Wildman–Crippen LogP) is 3.38. The van der Waals surface area contributed by atoms with Crippen LogP contribution in [0.1, 0.15) is 61.5 Å². The third-order valence-electron chi connectivity index (χ3n) is 4.74. The zero-order valence-corrected chi connectivity index (χ0v) is 11.5. The Kier molecular flexibility index (Phi) is 3.97. The van der Waals surface area contributed by atoms with Crippen LogP contribution in [-0.4, -0.2) is 18.9 Å². The van der Waals surface area contributed by atoms with Gasteiger partial charge in [0.25, 0.3) is 0 Å². The van der Waals surface area contributed by atoms with E-state index in [9.17, 15) is 4.79 Å². The zero-order chi connectivity index (χ0) is 13.1. The second kappa shape index (κ2) is 5.87. The van der Waals surface area contributed by atoms with Gasteiger partial charge < -0.3 is 5.32 Å². The first kappa shape index (κ1) is 12.9. The van der Waals surface area contributed by atoms with Crippen molar-refractivity contribution in [3.8, 4) is 0 Å². The number of rotatable bonds is 2. The third-order valence-corrected chi connectivity index (χ3v) is 4.74. The molecule has 2 heteroatoms. The van der Waals surface area contributed by atoms with Crippen LogP contribution >= 0.6 is 0 Å². The Labute approximate surface area is 115 Å². The molecule has 0 atom stereocenters. The molecule has 1 saturated carbocycles. The summed E-state index contributed by atoms with van der Waals surface area (Å²) in [5, 5.41) is 3.43. The Morgan fingerprint density at radius 2 is 1.47 bits per heavy atom. The third kappa shape index (κ3) is 3.06. The van der Waals surface area contributed by atoms with Crippen molar-refractivity contribution >= 4 is 5.78 Å². The molecule has 1 aromatic rings. The van der Waals surface area contributed by atoms with Crippen LogP contribution in [0.3, 0.4) is 0 Å². The average molecular weight is 257 g/mol. The van der Waals surface area contributed by atoms with E-state index in [0.717, 1.165) is 44.7 Å². The normalized spacial score (nSPS) is 22.6. The molecule has 0 bridgehead atoms. The van der Waals surface area contributed by atoms with Gasteiger partial charge in [0, 0.05) is 12.8 Å². The van der Waals surface area contributed by atoms with Gasteiger partial charge in [-0.3, -0.25) is 4.79 Å². The molecule has 0 spiro atoms. The van der Waals surface area contributed by atoms with E-state index in [4.69, 9.17) is 0 Å². The highest BCUT2D eigenvalue weighted by Crippen LogP contribution is 2.33. The van der Waals surface area contributed by atoms with E-state index >= 15 is 0 Å². The number of Topliss-reactive ketones (excluding diaryl/α,β-unsaturated/α-hetero) is 1. The minimum absolute atomic E-state index is 0.450. The molecular weight excluding hydrogens is 234 g/mol. The Morgan fingerprint density at radius 1 is 0.895 bits per heavy atom. The van der Waals surface area contributed by atoms with E-state index in [1.807, 2.05) is 0 Å². The van der Waals surface area contributed by atoms with Crippen LogP contribution in [0.2, 0.25) is 0 Å². The predicted molar refractivity (Wildman–Crippen MR) is 77.5 cm³/mol. The van der Waals surface area contributed by atoms with Crippen LogP contribution in [0.25, 0.3) is 0 Å². The monoisotopic (exact) mass is 257 g/mol. The second-order valence-corrected chi connectivity index (χ2v) is 6.01. The van der Waals surface area contributed by atoms with Crippen molar-refractivity contribution in [3.63, 3.8) is 0 Å². The lowest BCUT2D eigenvalue weighted by Crippen LogP contribution is -2.26. The Balaban J connectivity index is 1.73. The molecule has 0 unspecified atom stereocenters. The topological polar surface area (TPSA) is 29.1 Å². The van der Waals surface area contributed by atoms with Crippen molar-refractivity contribution in [3.05, 3.63) is 35.4 Å². The fourth-order valence-electron chi connectivity index (χ4n) is 3.50. The van der Waals surface area contributed by atoms with E-state index in [2.05, 4.69) is 29.6 Å². The van der Waals surface area contributed by atoms with E-state index in [-0.39, 0.29) is 0 Å². The molecule has 2 aliphatic rings. The van der Waals surface area contributed by atoms with Gasteiger partial charge in [-0.1, -0.05) is 24.3 Å². The number of nitrogens with one attached hydrogen (secondary N) is 1. The summed E-state index contributed by atoms with van der Waals surface area (Å²) in [6.07, 6.45) is 6.17. The van der Waals surface area contributed by atoms with Crippen molar-refractivity contribution in [2.24, 2.45) is 0 Å². The molecule has 3 rings (SSSR count). The molecule has 1 saturated heterocycles. The minimum atomic E-state index is 0.450. The van der Waals surface area contributed by atoms with Crippen LogP contribution in [0, 0.1) is 0 Å². The molecule has 2 fully saturated rings. The number of piperidine rings is 1. The van der Waals surface area contributed by atoms with Gasteiger partial charge in [-0.25, -0.2) is 0 Å². The lowest BCUT2D eigenvalue weighted by Gasteiger charge is -2.25. The molecule has 0 amide bonds. The fraction of sp³-hybridized carbons (Fsp3) is 0.588. The Bertz CT molecular complexity index is 438. The van der Waals surface area contributed by atoms with E-state index < -0.39 is 0 Å². The summed E-state index contributed by atoms with van der Waals surface area (Å²) in [5.74, 6) is 1.79. The number of carbonyl (C=O) groups is 1. The summed E-state index contributed by atoms with van der Waals surface area (Å²) in [5.41, 5.74) is 2.97. The number of benzene rings is 1. The lowest BCUT2D eigenvalue weighted by atomic mass is 9.81. The summed E-state index contributed by atoms with van der Waals surface area (Å²) in [7, 11) is 0. The average Bonchev–Trinajstić information content (AvgIpc) is 2.49. The molecule has 1 aliphatic heterocycles. The SMILES string of the molecule is O=C1CCC(c2cccc(C3CCNCC3)c2)CC1. The maximum Gasteiger partial charge on any atom is 0.132 e. The highest BCUT2D eigenvalue weighted by molar-refractivity contribution is 5.79. The zero-order valence-electron chi connectivity index (χ0n) is 11.5. The van der Waals surface area contributed by atoms with Crippen LogP contribution in [0.5, 0.6) is 0 Å². The van der Waals surface area contributed by atoms with Gasteiger partial charge >= 0.3 is 0 Å². The Hall–Kier alpha value is -1.15. The molecule has 0 aromatic heterocycles. The summed E-state index contributed by atoms with van der Waals surface area (Å²) < 4.78 is 0. The van der Waals surface area contributed by atoms with E-state index in [1.165, 1.54) is 24.0 Å². The van der Waals surface area contributed by atoms with Gasteiger partial charge in [-0.15, -0.1) is 0 Å². The van der Waals surface area contributed by atoms with Crippen LogP contribution < -0.4 is 5.32 Å². The maximum absolute atomic E-state index is 11.3. The first-order valence-corrected chi connectivity index (χ1v) is 7.65.